The first-order chi connectivity index (χ1) is 12.1. The van der Waals surface area contributed by atoms with Crippen LogP contribution in [0.5, 0.6) is 0 Å². The van der Waals surface area contributed by atoms with Gasteiger partial charge in [-0.1, -0.05) is 50.2 Å². The minimum absolute atomic E-state index is 0.105. The van der Waals surface area contributed by atoms with Gasteiger partial charge < -0.3 is 0 Å². The maximum absolute atomic E-state index is 12.5. The molecule has 2 rings (SSSR count). The molecule has 3 N–H and O–H groups in total. The third kappa shape index (κ3) is 5.63. The van der Waals surface area contributed by atoms with Crippen LogP contribution in [0.3, 0.4) is 0 Å². The van der Waals surface area contributed by atoms with Gasteiger partial charge in [0.25, 0.3) is 0 Å². The normalized spacial score (nSPS) is 13.7. The second-order valence-electron chi connectivity index (χ2n) is 6.57. The van der Waals surface area contributed by atoms with Gasteiger partial charge in [0.1, 0.15) is 0 Å². The molecule has 6 nitrogen and oxygen atoms in total. The van der Waals surface area contributed by atoms with E-state index in [0.29, 0.717) is 0 Å². The van der Waals surface area contributed by atoms with Crippen molar-refractivity contribution in [3.05, 3.63) is 60.2 Å². The second kappa shape index (κ2) is 8.30. The van der Waals surface area contributed by atoms with Crippen LogP contribution in [-0.4, -0.2) is 23.4 Å². The summed E-state index contributed by atoms with van der Waals surface area (Å²) in [7, 11) is -7.80. The van der Waals surface area contributed by atoms with E-state index >= 15 is 0 Å². The highest BCUT2D eigenvalue weighted by Gasteiger charge is 2.21. The first-order valence-electron chi connectivity index (χ1n) is 8.26. The Hall–Kier alpha value is -1.74. The third-order valence-corrected chi connectivity index (χ3v) is 6.60. The molecule has 0 amide bonds. The SMILES string of the molecule is CC(C)[C@H](CNS(=O)(=O)c1cccc(S(N)(=O)=O)c1)Cc1ccccc1. The molecule has 2 aromatic carbocycles. The number of nitrogens with one attached hydrogen (secondary N) is 1. The molecule has 0 aliphatic carbocycles. The summed E-state index contributed by atoms with van der Waals surface area (Å²) < 4.78 is 50.5. The Morgan fingerprint density at radius 2 is 1.54 bits per heavy atom. The zero-order valence-electron chi connectivity index (χ0n) is 14.8. The van der Waals surface area contributed by atoms with Crippen molar-refractivity contribution in [2.75, 3.05) is 6.54 Å². The van der Waals surface area contributed by atoms with Crippen molar-refractivity contribution < 1.29 is 16.8 Å². The average molecular weight is 397 g/mol. The summed E-state index contributed by atoms with van der Waals surface area (Å²) in [4.78, 5) is -0.351. The Morgan fingerprint density at radius 1 is 0.923 bits per heavy atom. The van der Waals surface area contributed by atoms with Crippen LogP contribution >= 0.6 is 0 Å². The lowest BCUT2D eigenvalue weighted by Crippen LogP contribution is -2.32. The summed E-state index contributed by atoms with van der Waals surface area (Å²) in [6.45, 7) is 4.35. The number of benzene rings is 2. The molecule has 0 aromatic heterocycles. The highest BCUT2D eigenvalue weighted by Crippen LogP contribution is 2.19. The van der Waals surface area contributed by atoms with E-state index in [0.717, 1.165) is 18.1 Å². The fraction of sp³-hybridized carbons (Fsp3) is 0.333. The quantitative estimate of drug-likeness (QED) is 0.713. The molecule has 8 heteroatoms. The monoisotopic (exact) mass is 396 g/mol. The van der Waals surface area contributed by atoms with E-state index in [1.807, 2.05) is 44.2 Å². The minimum atomic E-state index is -3.96. The summed E-state index contributed by atoms with van der Waals surface area (Å²) in [6, 6.07) is 14.9. The molecule has 26 heavy (non-hydrogen) atoms. The van der Waals surface area contributed by atoms with E-state index in [4.69, 9.17) is 5.14 Å². The van der Waals surface area contributed by atoms with Gasteiger partial charge in [0, 0.05) is 6.54 Å². The number of nitrogens with two attached hydrogens (primary N) is 1. The molecular weight excluding hydrogens is 372 g/mol. The lowest BCUT2D eigenvalue weighted by atomic mass is 9.89. The maximum Gasteiger partial charge on any atom is 0.240 e. The van der Waals surface area contributed by atoms with Crippen molar-refractivity contribution in [1.29, 1.82) is 0 Å². The van der Waals surface area contributed by atoms with Crippen LogP contribution < -0.4 is 9.86 Å². The summed E-state index contributed by atoms with van der Waals surface area (Å²) >= 11 is 0. The molecule has 0 radical (unpaired) electrons. The number of sulfonamides is 2. The topological polar surface area (TPSA) is 106 Å². The Kier molecular flexibility index (Phi) is 6.57. The number of hydrogen-bond donors (Lipinski definition) is 2. The van der Waals surface area contributed by atoms with Crippen LogP contribution in [0.1, 0.15) is 19.4 Å². The minimum Gasteiger partial charge on any atom is -0.225 e. The van der Waals surface area contributed by atoms with Crippen LogP contribution in [0.25, 0.3) is 0 Å². The van der Waals surface area contributed by atoms with Gasteiger partial charge in [-0.3, -0.25) is 0 Å². The molecule has 0 saturated heterocycles. The third-order valence-electron chi connectivity index (χ3n) is 4.26. The van der Waals surface area contributed by atoms with Gasteiger partial charge in [0.2, 0.25) is 20.0 Å². The molecule has 2 aromatic rings. The molecule has 0 unspecified atom stereocenters. The van der Waals surface area contributed by atoms with E-state index in [2.05, 4.69) is 4.72 Å². The lowest BCUT2D eigenvalue weighted by molar-refractivity contribution is 0.379. The van der Waals surface area contributed by atoms with E-state index in [1.54, 1.807) is 0 Å². The highest BCUT2D eigenvalue weighted by atomic mass is 32.2. The predicted molar refractivity (Wildman–Crippen MR) is 101 cm³/mol. The van der Waals surface area contributed by atoms with E-state index in [1.165, 1.54) is 18.2 Å². The van der Waals surface area contributed by atoms with Gasteiger partial charge in [0.15, 0.2) is 0 Å². The summed E-state index contributed by atoms with van der Waals surface area (Å²) in [5, 5.41) is 5.07. The zero-order chi connectivity index (χ0) is 19.4. The van der Waals surface area contributed by atoms with Crippen molar-refractivity contribution in [3.63, 3.8) is 0 Å². The number of hydrogen-bond acceptors (Lipinski definition) is 4. The molecule has 0 fully saturated rings. The molecule has 0 saturated carbocycles. The Bertz CT molecular complexity index is 940. The highest BCUT2D eigenvalue weighted by molar-refractivity contribution is 7.90. The summed E-state index contributed by atoms with van der Waals surface area (Å²) in [6.07, 6.45) is 0.748. The van der Waals surface area contributed by atoms with E-state index in [9.17, 15) is 16.8 Å². The lowest BCUT2D eigenvalue weighted by Gasteiger charge is -2.21. The molecular formula is C18H24N2O4S2. The molecule has 1 atom stereocenters. The smallest absolute Gasteiger partial charge is 0.225 e. The number of primary sulfonamides is 1. The molecule has 0 spiro atoms. The van der Waals surface area contributed by atoms with Crippen LogP contribution in [0.2, 0.25) is 0 Å². The van der Waals surface area contributed by atoms with Gasteiger partial charge in [-0.05, 0) is 42.0 Å². The predicted octanol–water partition coefficient (Wildman–Crippen LogP) is 2.13. The largest absolute Gasteiger partial charge is 0.240 e. The molecule has 0 aliphatic rings. The Labute approximate surface area is 155 Å². The number of rotatable bonds is 8. The van der Waals surface area contributed by atoms with Crippen molar-refractivity contribution >= 4 is 20.0 Å². The van der Waals surface area contributed by atoms with Crippen LogP contribution in [0.15, 0.2) is 64.4 Å². The van der Waals surface area contributed by atoms with Crippen molar-refractivity contribution in [2.24, 2.45) is 17.0 Å². The van der Waals surface area contributed by atoms with Crippen molar-refractivity contribution in [3.8, 4) is 0 Å². The molecule has 0 aliphatic heterocycles. The van der Waals surface area contributed by atoms with E-state index < -0.39 is 20.0 Å². The first kappa shape index (κ1) is 20.6. The maximum atomic E-state index is 12.5. The van der Waals surface area contributed by atoms with Crippen LogP contribution in [-0.2, 0) is 26.5 Å². The summed E-state index contributed by atoms with van der Waals surface area (Å²) in [5.41, 5.74) is 1.14. The first-order valence-corrected chi connectivity index (χ1v) is 11.3. The standard InChI is InChI=1S/C18H24N2O4S2/c1-14(2)16(11-15-7-4-3-5-8-15)13-20-26(23,24)18-10-6-9-17(12-18)25(19,21)22/h3-10,12,14,16,20H,11,13H2,1-2H3,(H2,19,21,22)/t16-/m0/s1. The van der Waals surface area contributed by atoms with Gasteiger partial charge in [-0.2, -0.15) is 0 Å². The fourth-order valence-electron chi connectivity index (χ4n) is 2.58. The zero-order valence-corrected chi connectivity index (χ0v) is 16.4. The van der Waals surface area contributed by atoms with E-state index in [-0.39, 0.29) is 28.2 Å². The fourth-order valence-corrected chi connectivity index (χ4v) is 4.35. The van der Waals surface area contributed by atoms with Crippen molar-refractivity contribution in [2.45, 2.75) is 30.1 Å². The van der Waals surface area contributed by atoms with Crippen molar-refractivity contribution in [1.82, 2.24) is 4.72 Å². The second-order valence-corrected chi connectivity index (χ2v) is 9.89. The molecule has 0 bridgehead atoms. The average Bonchev–Trinajstić information content (AvgIpc) is 2.58. The Morgan fingerprint density at radius 3 is 2.12 bits per heavy atom. The van der Waals surface area contributed by atoms with Crippen LogP contribution in [0, 0.1) is 11.8 Å². The van der Waals surface area contributed by atoms with Gasteiger partial charge in [-0.15, -0.1) is 0 Å². The van der Waals surface area contributed by atoms with Gasteiger partial charge in [-0.25, -0.2) is 26.7 Å². The van der Waals surface area contributed by atoms with Gasteiger partial charge >= 0.3 is 0 Å². The molecule has 0 heterocycles. The Balaban J connectivity index is 2.15. The van der Waals surface area contributed by atoms with Crippen LogP contribution in [0.4, 0.5) is 0 Å². The molecule has 142 valence electrons. The van der Waals surface area contributed by atoms with Gasteiger partial charge in [0.05, 0.1) is 9.79 Å². The summed E-state index contributed by atoms with van der Waals surface area (Å²) in [5.74, 6) is 0.377.